The van der Waals surface area contributed by atoms with Gasteiger partial charge in [-0.05, 0) is 12.0 Å². The molecule has 152 valence electrons. The molecule has 0 aromatic heterocycles. The van der Waals surface area contributed by atoms with E-state index in [1.54, 1.807) is 0 Å². The summed E-state index contributed by atoms with van der Waals surface area (Å²) in [5.74, 6) is -2.95. The van der Waals surface area contributed by atoms with E-state index >= 15 is 0 Å². The molecular formula is C18H22N2O8. The maximum atomic E-state index is 12.5. The summed E-state index contributed by atoms with van der Waals surface area (Å²) in [7, 11) is 2.38. The molecule has 0 bridgehead atoms. The van der Waals surface area contributed by atoms with Gasteiger partial charge in [0.25, 0.3) is 5.69 Å². The first kappa shape index (κ1) is 21.3. The summed E-state index contributed by atoms with van der Waals surface area (Å²) in [5.41, 5.74) is 0.316. The number of non-ortho nitro benzene ring substituents is 1. The number of benzene rings is 1. The summed E-state index contributed by atoms with van der Waals surface area (Å²) in [5, 5.41) is 13.5. The molecule has 1 fully saturated rings. The lowest BCUT2D eigenvalue weighted by Crippen LogP contribution is -2.48. The minimum absolute atomic E-state index is 0.137. The van der Waals surface area contributed by atoms with Gasteiger partial charge in [-0.2, -0.15) is 0 Å². The van der Waals surface area contributed by atoms with Crippen molar-refractivity contribution in [3.8, 4) is 0 Å². The van der Waals surface area contributed by atoms with Gasteiger partial charge in [0.15, 0.2) is 0 Å². The van der Waals surface area contributed by atoms with Crippen LogP contribution in [0, 0.1) is 16.0 Å². The van der Waals surface area contributed by atoms with E-state index in [-0.39, 0.29) is 24.6 Å². The Hall–Kier alpha value is -3.01. The number of rotatable bonds is 8. The van der Waals surface area contributed by atoms with E-state index in [1.807, 2.05) is 0 Å². The third-order valence-electron chi connectivity index (χ3n) is 4.60. The molecule has 1 aliphatic rings. The summed E-state index contributed by atoms with van der Waals surface area (Å²) in [6, 6.07) is 4.24. The molecule has 10 heteroatoms. The zero-order valence-electron chi connectivity index (χ0n) is 15.6. The van der Waals surface area contributed by atoms with Crippen molar-refractivity contribution in [2.75, 3.05) is 27.4 Å². The Balaban J connectivity index is 2.33. The van der Waals surface area contributed by atoms with Crippen LogP contribution < -0.4 is 5.32 Å². The monoisotopic (exact) mass is 394 g/mol. The number of nitro benzene ring substituents is 1. The lowest BCUT2D eigenvalue weighted by molar-refractivity contribution is -0.384. The van der Waals surface area contributed by atoms with Gasteiger partial charge in [0.1, 0.15) is 6.04 Å². The summed E-state index contributed by atoms with van der Waals surface area (Å²) in [4.78, 5) is 47.1. The summed E-state index contributed by atoms with van der Waals surface area (Å²) >= 11 is 0. The van der Waals surface area contributed by atoms with Crippen LogP contribution in [0.4, 0.5) is 5.69 Å². The van der Waals surface area contributed by atoms with E-state index in [1.165, 1.54) is 38.5 Å². The van der Waals surface area contributed by atoms with Crippen LogP contribution in [0.1, 0.15) is 24.3 Å². The van der Waals surface area contributed by atoms with Crippen LogP contribution in [-0.2, 0) is 28.6 Å². The number of hydrogen-bond donors (Lipinski definition) is 1. The lowest BCUT2D eigenvalue weighted by atomic mass is 9.87. The second-order valence-corrected chi connectivity index (χ2v) is 6.31. The second kappa shape index (κ2) is 9.79. The van der Waals surface area contributed by atoms with Crippen LogP contribution in [0.2, 0.25) is 0 Å². The van der Waals surface area contributed by atoms with Crippen LogP contribution >= 0.6 is 0 Å². The number of nitrogens with one attached hydrogen (secondary N) is 1. The number of amides is 1. The molecule has 0 saturated carbocycles. The highest BCUT2D eigenvalue weighted by molar-refractivity contribution is 5.87. The highest BCUT2D eigenvalue weighted by atomic mass is 16.6. The largest absolute Gasteiger partial charge is 0.469 e. The lowest BCUT2D eigenvalue weighted by Gasteiger charge is -2.26. The average Bonchev–Trinajstić information content (AvgIpc) is 3.24. The molecule has 0 spiro atoms. The van der Waals surface area contributed by atoms with E-state index in [0.717, 1.165) is 0 Å². The Kier molecular flexibility index (Phi) is 7.44. The standard InChI is InChI=1S/C18H22N2O8/c1-26-15(21)9-14(11-3-5-13(6-4-11)20(24)25)16(18(23)27-2)19-17(22)12-7-8-28-10-12/h3-6,12,14,16H,7-10H2,1-2H3,(H,19,22)/t12-,14-,16+/m0/s1. The van der Waals surface area contributed by atoms with Crippen molar-refractivity contribution in [1.82, 2.24) is 5.32 Å². The number of nitrogens with zero attached hydrogens (tertiary/aromatic N) is 1. The van der Waals surface area contributed by atoms with Crippen molar-refractivity contribution in [3.05, 3.63) is 39.9 Å². The van der Waals surface area contributed by atoms with Gasteiger partial charge in [0.05, 0.1) is 38.1 Å². The molecule has 1 N–H and O–H groups in total. The van der Waals surface area contributed by atoms with Gasteiger partial charge >= 0.3 is 11.9 Å². The Bertz CT molecular complexity index is 728. The van der Waals surface area contributed by atoms with E-state index in [4.69, 9.17) is 14.2 Å². The Labute approximate surface area is 161 Å². The molecule has 0 unspecified atom stereocenters. The molecule has 0 radical (unpaired) electrons. The highest BCUT2D eigenvalue weighted by Gasteiger charge is 2.36. The fourth-order valence-electron chi connectivity index (χ4n) is 3.00. The summed E-state index contributed by atoms with van der Waals surface area (Å²) in [6.07, 6.45) is 0.300. The fraction of sp³-hybridized carbons (Fsp3) is 0.500. The van der Waals surface area contributed by atoms with Gasteiger partial charge in [-0.15, -0.1) is 0 Å². The van der Waals surface area contributed by atoms with E-state index in [9.17, 15) is 24.5 Å². The van der Waals surface area contributed by atoms with Crippen LogP contribution in [-0.4, -0.2) is 56.2 Å². The minimum atomic E-state index is -1.17. The molecule has 1 amide bonds. The van der Waals surface area contributed by atoms with Crippen molar-refractivity contribution in [3.63, 3.8) is 0 Å². The van der Waals surface area contributed by atoms with Gasteiger partial charge in [-0.1, -0.05) is 12.1 Å². The van der Waals surface area contributed by atoms with Crippen molar-refractivity contribution < 1.29 is 33.5 Å². The smallest absolute Gasteiger partial charge is 0.329 e. The molecule has 10 nitrogen and oxygen atoms in total. The molecule has 1 heterocycles. The van der Waals surface area contributed by atoms with Crippen LogP contribution in [0.25, 0.3) is 0 Å². The zero-order chi connectivity index (χ0) is 20.7. The molecule has 28 heavy (non-hydrogen) atoms. The quantitative estimate of drug-likeness (QED) is 0.391. The maximum Gasteiger partial charge on any atom is 0.329 e. The second-order valence-electron chi connectivity index (χ2n) is 6.31. The van der Waals surface area contributed by atoms with Gasteiger partial charge < -0.3 is 19.5 Å². The normalized spacial score (nSPS) is 18.0. The first-order chi connectivity index (χ1) is 13.4. The van der Waals surface area contributed by atoms with E-state index in [2.05, 4.69) is 5.32 Å². The van der Waals surface area contributed by atoms with Crippen molar-refractivity contribution in [1.29, 1.82) is 0 Å². The predicted octanol–water partition coefficient (Wildman–Crippen LogP) is 0.936. The van der Waals surface area contributed by atoms with Crippen LogP contribution in [0.3, 0.4) is 0 Å². The Morgan fingerprint density at radius 1 is 1.25 bits per heavy atom. The number of hydrogen-bond acceptors (Lipinski definition) is 8. The number of carbonyl (C=O) groups excluding carboxylic acids is 3. The molecule has 2 rings (SSSR count). The summed E-state index contributed by atoms with van der Waals surface area (Å²) < 4.78 is 14.7. The minimum Gasteiger partial charge on any atom is -0.469 e. The predicted molar refractivity (Wildman–Crippen MR) is 95.3 cm³/mol. The summed E-state index contributed by atoms with van der Waals surface area (Å²) in [6.45, 7) is 0.702. The third-order valence-corrected chi connectivity index (χ3v) is 4.60. The number of methoxy groups -OCH3 is 2. The molecule has 0 aliphatic carbocycles. The fourth-order valence-corrected chi connectivity index (χ4v) is 3.00. The van der Waals surface area contributed by atoms with Crippen LogP contribution in [0.15, 0.2) is 24.3 Å². The van der Waals surface area contributed by atoms with Crippen LogP contribution in [0.5, 0.6) is 0 Å². The highest BCUT2D eigenvalue weighted by Crippen LogP contribution is 2.28. The van der Waals surface area contributed by atoms with Gasteiger partial charge in [-0.3, -0.25) is 19.7 Å². The topological polar surface area (TPSA) is 134 Å². The number of ether oxygens (including phenoxy) is 3. The Morgan fingerprint density at radius 3 is 2.43 bits per heavy atom. The first-order valence-corrected chi connectivity index (χ1v) is 8.64. The number of esters is 2. The van der Waals surface area contributed by atoms with Gasteiger partial charge in [0, 0.05) is 24.7 Å². The van der Waals surface area contributed by atoms with Crippen molar-refractivity contribution in [2.45, 2.75) is 24.8 Å². The average molecular weight is 394 g/mol. The van der Waals surface area contributed by atoms with Crippen molar-refractivity contribution >= 4 is 23.5 Å². The molecule has 1 aliphatic heterocycles. The van der Waals surface area contributed by atoms with Gasteiger partial charge in [-0.25, -0.2) is 4.79 Å². The third kappa shape index (κ3) is 5.26. The number of nitro groups is 1. The zero-order valence-corrected chi connectivity index (χ0v) is 15.6. The molecule has 1 aromatic carbocycles. The SMILES string of the molecule is COC(=O)C[C@@H](c1ccc([N+](=O)[O-])cc1)[C@@H](NC(=O)[C@H]1CCOC1)C(=O)OC. The molecule has 3 atom stereocenters. The molecule has 1 aromatic rings. The molecular weight excluding hydrogens is 372 g/mol. The number of carbonyl (C=O) groups is 3. The maximum absolute atomic E-state index is 12.5. The van der Waals surface area contributed by atoms with Gasteiger partial charge in [0.2, 0.25) is 5.91 Å². The van der Waals surface area contributed by atoms with E-state index in [0.29, 0.717) is 18.6 Å². The van der Waals surface area contributed by atoms with E-state index < -0.39 is 34.7 Å². The Morgan fingerprint density at radius 2 is 1.93 bits per heavy atom. The van der Waals surface area contributed by atoms with Crippen molar-refractivity contribution in [2.24, 2.45) is 5.92 Å². The molecule has 1 saturated heterocycles. The first-order valence-electron chi connectivity index (χ1n) is 8.64.